The third-order valence-corrected chi connectivity index (χ3v) is 2.88. The zero-order chi connectivity index (χ0) is 9.84. The van der Waals surface area contributed by atoms with Crippen LogP contribution in [0.1, 0.15) is 13.3 Å². The van der Waals surface area contributed by atoms with Crippen LogP contribution in [0.4, 0.5) is 0 Å². The van der Waals surface area contributed by atoms with Gasteiger partial charge in [0.05, 0.1) is 6.54 Å². The number of carbonyl (C=O) groups is 1. The van der Waals surface area contributed by atoms with Gasteiger partial charge in [-0.25, -0.2) is 0 Å². The maximum absolute atomic E-state index is 10.7. The third kappa shape index (κ3) is 2.97. The van der Waals surface area contributed by atoms with Crippen molar-refractivity contribution in [3.8, 4) is 0 Å². The monoisotopic (exact) mass is 185 g/mol. The number of primary amides is 1. The summed E-state index contributed by atoms with van der Waals surface area (Å²) in [5.41, 5.74) is 10.8. The second-order valence-electron chi connectivity index (χ2n) is 3.96. The smallest absolute Gasteiger partial charge is 0.231 e. The van der Waals surface area contributed by atoms with Crippen molar-refractivity contribution in [1.82, 2.24) is 4.90 Å². The van der Waals surface area contributed by atoms with Gasteiger partial charge in [0.15, 0.2) is 0 Å². The van der Waals surface area contributed by atoms with E-state index in [0.717, 1.165) is 19.5 Å². The number of hydrogen-bond acceptors (Lipinski definition) is 3. The van der Waals surface area contributed by atoms with Crippen molar-refractivity contribution in [1.29, 1.82) is 0 Å². The molecule has 1 rings (SSSR count). The lowest BCUT2D eigenvalue weighted by Gasteiger charge is -2.35. The van der Waals surface area contributed by atoms with Crippen LogP contribution in [0.25, 0.3) is 0 Å². The van der Waals surface area contributed by atoms with Crippen LogP contribution in [-0.2, 0) is 4.79 Å². The minimum absolute atomic E-state index is 0.245. The molecule has 4 nitrogen and oxygen atoms in total. The molecule has 0 aromatic heterocycles. The molecule has 0 bridgehead atoms. The number of nitrogens with zero attached hydrogens (tertiary/aromatic N) is 1. The summed E-state index contributed by atoms with van der Waals surface area (Å²) >= 11 is 0. The zero-order valence-corrected chi connectivity index (χ0v) is 8.20. The van der Waals surface area contributed by atoms with Crippen molar-refractivity contribution >= 4 is 5.91 Å². The van der Waals surface area contributed by atoms with Crippen LogP contribution in [0.2, 0.25) is 0 Å². The van der Waals surface area contributed by atoms with Gasteiger partial charge in [0.2, 0.25) is 5.91 Å². The number of hydrogen-bond donors (Lipinski definition) is 2. The van der Waals surface area contributed by atoms with Crippen LogP contribution in [0.3, 0.4) is 0 Å². The summed E-state index contributed by atoms with van der Waals surface area (Å²) < 4.78 is 0. The fourth-order valence-corrected chi connectivity index (χ4v) is 1.90. The molecular formula is C9H19N3O. The van der Waals surface area contributed by atoms with E-state index in [-0.39, 0.29) is 5.91 Å². The fraction of sp³-hybridized carbons (Fsp3) is 0.889. The molecule has 1 aliphatic heterocycles. The van der Waals surface area contributed by atoms with Gasteiger partial charge in [0.1, 0.15) is 0 Å². The Morgan fingerprint density at radius 1 is 1.62 bits per heavy atom. The second-order valence-corrected chi connectivity index (χ2v) is 3.96. The fourth-order valence-electron chi connectivity index (χ4n) is 1.90. The molecule has 0 saturated carbocycles. The summed E-state index contributed by atoms with van der Waals surface area (Å²) in [6.45, 7) is 5.19. The molecule has 1 amide bonds. The van der Waals surface area contributed by atoms with E-state index in [1.165, 1.54) is 0 Å². The molecule has 1 fully saturated rings. The molecule has 0 radical (unpaired) electrons. The minimum atomic E-state index is -0.245. The maximum Gasteiger partial charge on any atom is 0.231 e. The summed E-state index contributed by atoms with van der Waals surface area (Å²) in [7, 11) is 0. The molecule has 0 aliphatic carbocycles. The Kier molecular flexibility index (Phi) is 3.69. The van der Waals surface area contributed by atoms with E-state index in [4.69, 9.17) is 11.5 Å². The van der Waals surface area contributed by atoms with Crippen LogP contribution in [-0.4, -0.2) is 37.0 Å². The molecule has 0 aromatic carbocycles. The standard InChI is InChI=1S/C9H19N3O/c1-7-2-3-12(6-9(11)13)5-8(7)4-10/h7-8H,2-6,10H2,1H3,(H2,11,13). The Balaban J connectivity index is 2.40. The highest BCUT2D eigenvalue weighted by Crippen LogP contribution is 2.21. The first-order valence-corrected chi connectivity index (χ1v) is 4.84. The SMILES string of the molecule is CC1CCN(CC(N)=O)CC1CN. The first kappa shape index (κ1) is 10.5. The normalized spacial score (nSPS) is 30.3. The minimum Gasteiger partial charge on any atom is -0.369 e. The van der Waals surface area contributed by atoms with Crippen LogP contribution < -0.4 is 11.5 Å². The molecule has 2 unspecified atom stereocenters. The molecule has 0 spiro atoms. The van der Waals surface area contributed by atoms with E-state index in [1.54, 1.807) is 0 Å². The maximum atomic E-state index is 10.7. The summed E-state index contributed by atoms with van der Waals surface area (Å²) in [6, 6.07) is 0. The number of likely N-dealkylation sites (tertiary alicyclic amines) is 1. The zero-order valence-electron chi connectivity index (χ0n) is 8.20. The molecule has 1 saturated heterocycles. The molecular weight excluding hydrogens is 166 g/mol. The molecule has 2 atom stereocenters. The van der Waals surface area contributed by atoms with Gasteiger partial charge >= 0.3 is 0 Å². The van der Waals surface area contributed by atoms with Gasteiger partial charge in [0.25, 0.3) is 0 Å². The van der Waals surface area contributed by atoms with Crippen molar-refractivity contribution in [2.45, 2.75) is 13.3 Å². The summed E-state index contributed by atoms with van der Waals surface area (Å²) in [6.07, 6.45) is 1.12. The van der Waals surface area contributed by atoms with Crippen molar-refractivity contribution in [3.05, 3.63) is 0 Å². The lowest BCUT2D eigenvalue weighted by molar-refractivity contribution is -0.119. The highest BCUT2D eigenvalue weighted by molar-refractivity contribution is 5.75. The number of carbonyl (C=O) groups excluding carboxylic acids is 1. The van der Waals surface area contributed by atoms with Gasteiger partial charge < -0.3 is 11.5 Å². The predicted molar refractivity (Wildman–Crippen MR) is 52.0 cm³/mol. The lowest BCUT2D eigenvalue weighted by atomic mass is 9.87. The molecule has 4 N–H and O–H groups in total. The Bertz CT molecular complexity index is 184. The van der Waals surface area contributed by atoms with Crippen LogP contribution >= 0.6 is 0 Å². The number of rotatable bonds is 3. The molecule has 4 heteroatoms. The Morgan fingerprint density at radius 2 is 2.31 bits per heavy atom. The first-order valence-electron chi connectivity index (χ1n) is 4.84. The number of nitrogens with two attached hydrogens (primary N) is 2. The molecule has 13 heavy (non-hydrogen) atoms. The highest BCUT2D eigenvalue weighted by atomic mass is 16.1. The third-order valence-electron chi connectivity index (χ3n) is 2.88. The number of piperidine rings is 1. The van der Waals surface area contributed by atoms with Crippen molar-refractivity contribution in [2.75, 3.05) is 26.2 Å². The highest BCUT2D eigenvalue weighted by Gasteiger charge is 2.25. The molecule has 1 heterocycles. The van der Waals surface area contributed by atoms with Gasteiger partial charge in [-0.1, -0.05) is 6.92 Å². The van der Waals surface area contributed by atoms with E-state index in [1.807, 2.05) is 0 Å². The summed E-state index contributed by atoms with van der Waals surface area (Å²) in [5.74, 6) is 0.951. The van der Waals surface area contributed by atoms with Crippen molar-refractivity contribution in [2.24, 2.45) is 23.3 Å². The summed E-state index contributed by atoms with van der Waals surface area (Å²) in [5, 5.41) is 0. The molecule has 0 aromatic rings. The lowest BCUT2D eigenvalue weighted by Crippen LogP contribution is -2.45. The van der Waals surface area contributed by atoms with Gasteiger partial charge in [-0.05, 0) is 31.3 Å². The predicted octanol–water partition coefficient (Wildman–Crippen LogP) is -0.612. The average molecular weight is 185 g/mol. The van der Waals surface area contributed by atoms with Gasteiger partial charge in [0, 0.05) is 6.54 Å². The Labute approximate surface area is 79.3 Å². The van der Waals surface area contributed by atoms with Gasteiger partial charge in [-0.3, -0.25) is 9.69 Å². The second kappa shape index (κ2) is 4.58. The van der Waals surface area contributed by atoms with E-state index < -0.39 is 0 Å². The van der Waals surface area contributed by atoms with Crippen LogP contribution in [0.5, 0.6) is 0 Å². The van der Waals surface area contributed by atoms with Crippen LogP contribution in [0.15, 0.2) is 0 Å². The summed E-state index contributed by atoms with van der Waals surface area (Å²) in [4.78, 5) is 12.8. The first-order chi connectivity index (χ1) is 6.13. The van der Waals surface area contributed by atoms with Gasteiger partial charge in [-0.15, -0.1) is 0 Å². The van der Waals surface area contributed by atoms with E-state index in [0.29, 0.717) is 24.9 Å². The van der Waals surface area contributed by atoms with Gasteiger partial charge in [-0.2, -0.15) is 0 Å². The van der Waals surface area contributed by atoms with E-state index in [9.17, 15) is 4.79 Å². The largest absolute Gasteiger partial charge is 0.369 e. The van der Waals surface area contributed by atoms with Crippen LogP contribution in [0, 0.1) is 11.8 Å². The van der Waals surface area contributed by atoms with E-state index >= 15 is 0 Å². The molecule has 76 valence electrons. The average Bonchev–Trinajstić information content (AvgIpc) is 2.07. The Hall–Kier alpha value is -0.610. The Morgan fingerprint density at radius 3 is 2.85 bits per heavy atom. The number of amides is 1. The molecule has 1 aliphatic rings. The van der Waals surface area contributed by atoms with E-state index in [2.05, 4.69) is 11.8 Å². The quantitative estimate of drug-likeness (QED) is 0.616. The van der Waals surface area contributed by atoms with Crippen molar-refractivity contribution in [3.63, 3.8) is 0 Å². The van der Waals surface area contributed by atoms with Crippen molar-refractivity contribution < 1.29 is 4.79 Å². The topological polar surface area (TPSA) is 72.3 Å².